The van der Waals surface area contributed by atoms with Crippen molar-refractivity contribution in [2.45, 2.75) is 83.4 Å². The van der Waals surface area contributed by atoms with Crippen LogP contribution in [0.3, 0.4) is 0 Å². The highest BCUT2D eigenvalue weighted by Gasteiger charge is 2.29. The van der Waals surface area contributed by atoms with Crippen LogP contribution in [0, 0.1) is 6.92 Å². The molecular weight excluding hydrogens is 552 g/mol. The molecule has 0 aliphatic heterocycles. The zero-order valence-electron chi connectivity index (χ0n) is 22.9. The Hall–Kier alpha value is -2.63. The van der Waals surface area contributed by atoms with Crippen LogP contribution in [0.1, 0.15) is 59.9 Å². The summed E-state index contributed by atoms with van der Waals surface area (Å²) in [7, 11) is -3.52. The van der Waals surface area contributed by atoms with Crippen LogP contribution in [-0.2, 0) is 28.9 Å². The van der Waals surface area contributed by atoms with Crippen molar-refractivity contribution in [3.05, 3.63) is 34.9 Å². The second-order valence-corrected chi connectivity index (χ2v) is 14.3. The maximum Gasteiger partial charge on any atom is 0.408 e. The maximum atomic E-state index is 12.7. The number of amides is 2. The molecule has 0 bridgehead atoms. The van der Waals surface area contributed by atoms with Crippen molar-refractivity contribution in [1.82, 2.24) is 5.32 Å². The van der Waals surface area contributed by atoms with Crippen molar-refractivity contribution in [3.63, 3.8) is 0 Å². The van der Waals surface area contributed by atoms with E-state index >= 15 is 0 Å². The molecule has 1 aromatic heterocycles. The fraction of sp³-hybridized carbons (Fsp3) is 0.500. The summed E-state index contributed by atoms with van der Waals surface area (Å²) < 4.78 is 34.8. The number of anilines is 1. The first-order valence-corrected chi connectivity index (χ1v) is 15.0. The molecule has 12 heteroatoms. The molecule has 210 valence electrons. The van der Waals surface area contributed by atoms with Crippen LogP contribution in [-0.4, -0.2) is 49.9 Å². The summed E-state index contributed by atoms with van der Waals surface area (Å²) in [6.07, 6.45) is 0.216. The highest BCUT2D eigenvalue weighted by molar-refractivity contribution is 7.90. The van der Waals surface area contributed by atoms with Crippen molar-refractivity contribution in [1.29, 1.82) is 0 Å². The Morgan fingerprint density at radius 2 is 1.63 bits per heavy atom. The Morgan fingerprint density at radius 3 is 2.18 bits per heavy atom. The number of hydrogen-bond donors (Lipinski definition) is 2. The van der Waals surface area contributed by atoms with Gasteiger partial charge in [-0.3, -0.25) is 4.79 Å². The fourth-order valence-corrected chi connectivity index (χ4v) is 5.69. The maximum absolute atomic E-state index is 12.7. The highest BCUT2D eigenvalue weighted by atomic mass is 35.5. The summed E-state index contributed by atoms with van der Waals surface area (Å²) in [5.74, 6) is -1.04. The number of carbonyl (C=O) groups excluding carboxylic acids is 3. The Morgan fingerprint density at radius 1 is 1.03 bits per heavy atom. The number of halogens is 1. The number of alkyl carbamates (subject to hydrolysis) is 1. The normalized spacial score (nSPS) is 13.0. The minimum Gasteiger partial charge on any atom is -0.458 e. The van der Waals surface area contributed by atoms with E-state index in [1.165, 1.54) is 23.5 Å². The zero-order valence-corrected chi connectivity index (χ0v) is 25.2. The number of rotatable bonds is 8. The fourth-order valence-electron chi connectivity index (χ4n) is 3.31. The second kappa shape index (κ2) is 12.0. The molecule has 9 nitrogen and oxygen atoms in total. The molecule has 1 aromatic carbocycles. The molecule has 0 spiro atoms. The van der Waals surface area contributed by atoms with E-state index in [2.05, 4.69) is 10.6 Å². The molecule has 0 saturated heterocycles. The SMILES string of the molecule is Cc1cc(NC(=O)CC[C@H](NC(=O)OC(C)(C)C)C(=O)OC(C)(C)C)sc1-c1ccc(Cl)c(S(C)(=O)=O)c1. The molecule has 2 amide bonds. The third-order valence-electron chi connectivity index (χ3n) is 4.82. The summed E-state index contributed by atoms with van der Waals surface area (Å²) in [5.41, 5.74) is -0.0490. The van der Waals surface area contributed by atoms with Gasteiger partial charge in [-0.2, -0.15) is 0 Å². The highest BCUT2D eigenvalue weighted by Crippen LogP contribution is 2.37. The predicted octanol–water partition coefficient (Wildman–Crippen LogP) is 5.73. The van der Waals surface area contributed by atoms with Crippen LogP contribution >= 0.6 is 22.9 Å². The molecule has 0 unspecified atom stereocenters. The number of esters is 1. The first kappa shape index (κ1) is 31.6. The number of thiophene rings is 1. The lowest BCUT2D eigenvalue weighted by Crippen LogP contribution is -2.46. The van der Waals surface area contributed by atoms with Crippen molar-refractivity contribution in [2.75, 3.05) is 11.6 Å². The van der Waals surface area contributed by atoms with E-state index < -0.39 is 39.1 Å². The molecule has 2 rings (SSSR count). The van der Waals surface area contributed by atoms with Crippen molar-refractivity contribution < 1.29 is 32.3 Å². The monoisotopic (exact) mass is 586 g/mol. The third kappa shape index (κ3) is 9.92. The summed E-state index contributed by atoms with van der Waals surface area (Å²) in [6.45, 7) is 12.1. The third-order valence-corrected chi connectivity index (χ3v) is 7.60. The number of aryl methyl sites for hydroxylation is 1. The Kier molecular flexibility index (Phi) is 10.0. The van der Waals surface area contributed by atoms with Gasteiger partial charge in [0.1, 0.15) is 17.2 Å². The van der Waals surface area contributed by atoms with E-state index in [0.29, 0.717) is 10.6 Å². The lowest BCUT2D eigenvalue weighted by molar-refractivity contribution is -0.157. The molecule has 0 aliphatic rings. The quantitative estimate of drug-likeness (QED) is 0.378. The van der Waals surface area contributed by atoms with E-state index in [-0.39, 0.29) is 28.7 Å². The number of hydrogen-bond acceptors (Lipinski definition) is 8. The van der Waals surface area contributed by atoms with Crippen LogP contribution in [0.4, 0.5) is 9.80 Å². The minimum absolute atomic E-state index is 0.00783. The summed E-state index contributed by atoms with van der Waals surface area (Å²) in [5, 5.41) is 5.99. The van der Waals surface area contributed by atoms with Crippen LogP contribution in [0.2, 0.25) is 5.02 Å². The molecule has 2 aromatic rings. The summed E-state index contributed by atoms with van der Waals surface area (Å²) in [6, 6.07) is 5.44. The van der Waals surface area contributed by atoms with E-state index in [9.17, 15) is 22.8 Å². The lowest BCUT2D eigenvalue weighted by atomic mass is 10.1. The number of carbonyl (C=O) groups is 3. The number of benzene rings is 1. The molecule has 0 radical (unpaired) electrons. The van der Waals surface area contributed by atoms with E-state index in [1.54, 1.807) is 53.7 Å². The van der Waals surface area contributed by atoms with Crippen LogP contribution in [0.25, 0.3) is 10.4 Å². The molecule has 2 N–H and O–H groups in total. The van der Waals surface area contributed by atoms with E-state index in [0.717, 1.165) is 16.7 Å². The Balaban J connectivity index is 2.14. The largest absolute Gasteiger partial charge is 0.458 e. The second-order valence-electron chi connectivity index (χ2n) is 10.9. The zero-order chi connectivity index (χ0) is 29.1. The van der Waals surface area contributed by atoms with Gasteiger partial charge < -0.3 is 20.1 Å². The topological polar surface area (TPSA) is 128 Å². The van der Waals surface area contributed by atoms with Gasteiger partial charge in [-0.15, -0.1) is 11.3 Å². The average Bonchev–Trinajstić information content (AvgIpc) is 3.07. The van der Waals surface area contributed by atoms with Gasteiger partial charge in [-0.05, 0) is 84.2 Å². The number of ether oxygens (including phenoxy) is 2. The van der Waals surface area contributed by atoms with Gasteiger partial charge in [0.05, 0.1) is 14.9 Å². The van der Waals surface area contributed by atoms with Crippen molar-refractivity contribution in [2.24, 2.45) is 0 Å². The Bertz CT molecular complexity index is 1310. The Labute approximate surface area is 233 Å². The molecular formula is C26H35ClN2O7S2. The van der Waals surface area contributed by atoms with Gasteiger partial charge in [-0.25, -0.2) is 18.0 Å². The number of sulfone groups is 1. The molecule has 38 heavy (non-hydrogen) atoms. The number of nitrogens with one attached hydrogen (secondary N) is 2. The molecule has 0 saturated carbocycles. The van der Waals surface area contributed by atoms with Gasteiger partial charge in [0.25, 0.3) is 0 Å². The standard InChI is InChI=1S/C26H35ClN2O7S2/c1-15-13-21(37-22(15)16-9-10-17(27)19(14-16)38(8,33)34)29-20(30)12-11-18(23(31)35-25(2,3)4)28-24(32)36-26(5,6)7/h9-10,13-14,18H,11-12H2,1-8H3,(H,28,32)(H,29,30)/t18-/m0/s1. The average molecular weight is 587 g/mol. The summed E-state index contributed by atoms with van der Waals surface area (Å²) >= 11 is 7.34. The van der Waals surface area contributed by atoms with E-state index in [1.807, 2.05) is 6.92 Å². The molecule has 1 heterocycles. The first-order chi connectivity index (χ1) is 17.2. The van der Waals surface area contributed by atoms with Crippen LogP contribution in [0.5, 0.6) is 0 Å². The summed E-state index contributed by atoms with van der Waals surface area (Å²) in [4.78, 5) is 38.5. The van der Waals surface area contributed by atoms with Crippen LogP contribution in [0.15, 0.2) is 29.2 Å². The minimum atomic E-state index is -3.52. The van der Waals surface area contributed by atoms with E-state index in [4.69, 9.17) is 21.1 Å². The first-order valence-electron chi connectivity index (χ1n) is 11.9. The van der Waals surface area contributed by atoms with Gasteiger partial charge in [0, 0.05) is 17.6 Å². The van der Waals surface area contributed by atoms with Gasteiger partial charge in [0.15, 0.2) is 9.84 Å². The van der Waals surface area contributed by atoms with Gasteiger partial charge in [-0.1, -0.05) is 17.7 Å². The van der Waals surface area contributed by atoms with Gasteiger partial charge in [0.2, 0.25) is 5.91 Å². The van der Waals surface area contributed by atoms with Crippen molar-refractivity contribution in [3.8, 4) is 10.4 Å². The molecule has 0 fully saturated rings. The predicted molar refractivity (Wildman–Crippen MR) is 149 cm³/mol. The van der Waals surface area contributed by atoms with Crippen molar-refractivity contribution >= 4 is 55.7 Å². The molecule has 1 atom stereocenters. The molecule has 0 aliphatic carbocycles. The van der Waals surface area contributed by atoms with Crippen LogP contribution < -0.4 is 10.6 Å². The smallest absolute Gasteiger partial charge is 0.408 e. The lowest BCUT2D eigenvalue weighted by Gasteiger charge is -2.26. The van der Waals surface area contributed by atoms with Gasteiger partial charge >= 0.3 is 12.1 Å².